The van der Waals surface area contributed by atoms with Gasteiger partial charge in [-0.1, -0.05) is 6.07 Å². The highest BCUT2D eigenvalue weighted by molar-refractivity contribution is 5.80. The van der Waals surface area contributed by atoms with Gasteiger partial charge in [-0.3, -0.25) is 0 Å². The first kappa shape index (κ1) is 18.5. The van der Waals surface area contributed by atoms with Gasteiger partial charge in [-0.15, -0.1) is 0 Å². The number of anilines is 1. The molecular formula is C18H29FN4O. The number of aliphatic hydroxyl groups excluding tert-OH is 1. The summed E-state index contributed by atoms with van der Waals surface area (Å²) in [6, 6.07) is 5.34. The molecule has 1 atom stereocenters. The van der Waals surface area contributed by atoms with Crippen LogP contribution < -0.4 is 10.2 Å². The number of halogens is 1. The van der Waals surface area contributed by atoms with Crippen molar-refractivity contribution in [3.05, 3.63) is 29.6 Å². The molecule has 1 fully saturated rings. The summed E-state index contributed by atoms with van der Waals surface area (Å²) in [5.74, 6) is 0.579. The molecule has 0 bridgehead atoms. The number of hydrogen-bond acceptors (Lipinski definition) is 3. The van der Waals surface area contributed by atoms with Crippen LogP contribution >= 0.6 is 0 Å². The summed E-state index contributed by atoms with van der Waals surface area (Å²) in [5.41, 5.74) is 1.49. The molecule has 1 heterocycles. The maximum absolute atomic E-state index is 14.3. The Bertz CT molecular complexity index is 560. The summed E-state index contributed by atoms with van der Waals surface area (Å²) < 4.78 is 14.3. The Kier molecular flexibility index (Phi) is 6.85. The summed E-state index contributed by atoms with van der Waals surface area (Å²) in [6.07, 6.45) is 0.470. The van der Waals surface area contributed by atoms with Gasteiger partial charge in [0.1, 0.15) is 5.82 Å². The van der Waals surface area contributed by atoms with Gasteiger partial charge in [0.2, 0.25) is 0 Å². The van der Waals surface area contributed by atoms with E-state index >= 15 is 0 Å². The van der Waals surface area contributed by atoms with Crippen LogP contribution in [0.3, 0.4) is 0 Å². The van der Waals surface area contributed by atoms with Gasteiger partial charge in [-0.05, 0) is 44.9 Å². The molecule has 0 saturated carbocycles. The molecular weight excluding hydrogens is 307 g/mol. The third-order valence-electron chi connectivity index (χ3n) is 4.33. The average Bonchev–Trinajstić information content (AvgIpc) is 3.00. The van der Waals surface area contributed by atoms with Crippen LogP contribution in [0.1, 0.15) is 32.8 Å². The number of nitrogens with one attached hydrogen (secondary N) is 1. The number of hydrogen-bond donors (Lipinski definition) is 2. The lowest BCUT2D eigenvalue weighted by Gasteiger charge is -2.22. The van der Waals surface area contributed by atoms with Gasteiger partial charge in [0.15, 0.2) is 5.96 Å². The van der Waals surface area contributed by atoms with Crippen LogP contribution in [0.2, 0.25) is 0 Å². The summed E-state index contributed by atoms with van der Waals surface area (Å²) >= 11 is 0. The minimum Gasteiger partial charge on any atom is -0.391 e. The molecule has 1 aliphatic rings. The Labute approximate surface area is 144 Å². The highest BCUT2D eigenvalue weighted by Gasteiger charge is 2.22. The topological polar surface area (TPSA) is 51.1 Å². The minimum absolute atomic E-state index is 0.201. The molecule has 0 radical (unpaired) electrons. The number of β-amino-alcohol motifs (C(OH)–C–C–N with tert-alkyl or cyclic N) is 1. The standard InChI is InChI=1S/C18H29FN4O/c1-4-20-18(23-10-9-15(24)13-23)21-12-14-7-8-17(16(19)11-14)22(5-2)6-3/h7-8,11,15,24H,4-6,9-10,12-13H2,1-3H3,(H,20,21)/t15-/m1/s1. The lowest BCUT2D eigenvalue weighted by Crippen LogP contribution is -2.40. The molecule has 1 aromatic rings. The summed E-state index contributed by atoms with van der Waals surface area (Å²) in [6.45, 7) is 10.2. The van der Waals surface area contributed by atoms with Gasteiger partial charge in [0, 0.05) is 32.7 Å². The number of aliphatic imine (C=N–C) groups is 1. The number of aliphatic hydroxyl groups is 1. The lowest BCUT2D eigenvalue weighted by atomic mass is 10.2. The van der Waals surface area contributed by atoms with Gasteiger partial charge in [0.05, 0.1) is 18.3 Å². The van der Waals surface area contributed by atoms with E-state index in [0.29, 0.717) is 18.8 Å². The van der Waals surface area contributed by atoms with Crippen LogP contribution in [0.5, 0.6) is 0 Å². The van der Waals surface area contributed by atoms with E-state index in [1.165, 1.54) is 0 Å². The first-order chi connectivity index (χ1) is 11.6. The fourth-order valence-electron chi connectivity index (χ4n) is 3.00. The van der Waals surface area contributed by atoms with Crippen LogP contribution in [0.15, 0.2) is 23.2 Å². The van der Waals surface area contributed by atoms with E-state index in [2.05, 4.69) is 15.2 Å². The zero-order valence-electron chi connectivity index (χ0n) is 14.9. The molecule has 6 heteroatoms. The van der Waals surface area contributed by atoms with E-state index < -0.39 is 0 Å². The number of nitrogens with zero attached hydrogens (tertiary/aromatic N) is 3. The highest BCUT2D eigenvalue weighted by atomic mass is 19.1. The molecule has 24 heavy (non-hydrogen) atoms. The Morgan fingerprint density at radius 2 is 2.12 bits per heavy atom. The number of benzene rings is 1. The van der Waals surface area contributed by atoms with Gasteiger partial charge in [0.25, 0.3) is 0 Å². The molecule has 0 amide bonds. The number of likely N-dealkylation sites (tertiary alicyclic amines) is 1. The van der Waals surface area contributed by atoms with E-state index in [9.17, 15) is 9.50 Å². The van der Waals surface area contributed by atoms with Gasteiger partial charge >= 0.3 is 0 Å². The SMILES string of the molecule is CCNC(=NCc1ccc(N(CC)CC)c(F)c1)N1CC[C@@H](O)C1. The van der Waals surface area contributed by atoms with Crippen LogP contribution in [-0.2, 0) is 6.54 Å². The van der Waals surface area contributed by atoms with Crippen molar-refractivity contribution >= 4 is 11.6 Å². The van der Waals surface area contributed by atoms with E-state index in [1.54, 1.807) is 6.07 Å². The summed E-state index contributed by atoms with van der Waals surface area (Å²) in [4.78, 5) is 8.64. The van der Waals surface area contributed by atoms with Crippen LogP contribution in [0.25, 0.3) is 0 Å². The van der Waals surface area contributed by atoms with Crippen molar-refractivity contribution in [1.29, 1.82) is 0 Å². The van der Waals surface area contributed by atoms with Crippen molar-refractivity contribution in [3.8, 4) is 0 Å². The Balaban J connectivity index is 2.09. The molecule has 5 nitrogen and oxygen atoms in total. The lowest BCUT2D eigenvalue weighted by molar-refractivity contribution is 0.188. The number of rotatable bonds is 6. The summed E-state index contributed by atoms with van der Waals surface area (Å²) in [5, 5.41) is 12.9. The van der Waals surface area contributed by atoms with Crippen molar-refractivity contribution in [3.63, 3.8) is 0 Å². The van der Waals surface area contributed by atoms with Gasteiger partial charge in [-0.25, -0.2) is 9.38 Å². The third kappa shape index (κ3) is 4.60. The van der Waals surface area contributed by atoms with Gasteiger partial charge in [-0.2, -0.15) is 0 Å². The fraction of sp³-hybridized carbons (Fsp3) is 0.611. The fourth-order valence-corrected chi connectivity index (χ4v) is 3.00. The molecule has 1 aromatic carbocycles. The first-order valence-corrected chi connectivity index (χ1v) is 8.83. The molecule has 134 valence electrons. The minimum atomic E-state index is -0.292. The van der Waals surface area contributed by atoms with Crippen LogP contribution in [0, 0.1) is 5.82 Å². The van der Waals surface area contributed by atoms with Crippen LogP contribution in [0.4, 0.5) is 10.1 Å². The van der Waals surface area contributed by atoms with Crippen molar-refractivity contribution in [2.45, 2.75) is 39.8 Å². The Hall–Kier alpha value is -1.82. The Morgan fingerprint density at radius 1 is 1.38 bits per heavy atom. The normalized spacial score (nSPS) is 18.1. The monoisotopic (exact) mass is 336 g/mol. The second kappa shape index (κ2) is 8.87. The van der Waals surface area contributed by atoms with E-state index in [-0.39, 0.29) is 11.9 Å². The predicted octanol–water partition coefficient (Wildman–Crippen LogP) is 2.20. The average molecular weight is 336 g/mol. The zero-order valence-corrected chi connectivity index (χ0v) is 14.9. The molecule has 0 unspecified atom stereocenters. The molecule has 0 aromatic heterocycles. The van der Waals surface area contributed by atoms with Crippen molar-refractivity contribution in [1.82, 2.24) is 10.2 Å². The maximum atomic E-state index is 14.3. The molecule has 1 saturated heterocycles. The van der Waals surface area contributed by atoms with Crippen molar-refractivity contribution in [2.24, 2.45) is 4.99 Å². The molecule has 2 rings (SSSR count). The maximum Gasteiger partial charge on any atom is 0.194 e. The predicted molar refractivity (Wildman–Crippen MR) is 97.0 cm³/mol. The highest BCUT2D eigenvalue weighted by Crippen LogP contribution is 2.21. The largest absolute Gasteiger partial charge is 0.391 e. The van der Waals surface area contributed by atoms with Crippen molar-refractivity contribution in [2.75, 3.05) is 37.6 Å². The zero-order chi connectivity index (χ0) is 17.5. The van der Waals surface area contributed by atoms with Crippen molar-refractivity contribution < 1.29 is 9.50 Å². The van der Waals surface area contributed by atoms with Crippen LogP contribution in [-0.4, -0.2) is 54.8 Å². The first-order valence-electron chi connectivity index (χ1n) is 8.83. The van der Waals surface area contributed by atoms with E-state index in [1.807, 2.05) is 37.8 Å². The molecule has 0 aliphatic carbocycles. The molecule has 0 spiro atoms. The van der Waals surface area contributed by atoms with E-state index in [0.717, 1.165) is 44.1 Å². The molecule has 1 aliphatic heterocycles. The molecule has 2 N–H and O–H groups in total. The third-order valence-corrected chi connectivity index (χ3v) is 4.33. The second-order valence-corrected chi connectivity index (χ2v) is 6.02. The second-order valence-electron chi connectivity index (χ2n) is 6.02. The van der Waals surface area contributed by atoms with Gasteiger partial charge < -0.3 is 20.2 Å². The Morgan fingerprint density at radius 3 is 2.67 bits per heavy atom. The smallest absolute Gasteiger partial charge is 0.194 e. The number of guanidine groups is 1. The summed E-state index contributed by atoms with van der Waals surface area (Å²) in [7, 11) is 0. The quantitative estimate of drug-likeness (QED) is 0.618. The van der Waals surface area contributed by atoms with E-state index in [4.69, 9.17) is 0 Å².